The third-order valence-electron chi connectivity index (χ3n) is 5.36. The van der Waals surface area contributed by atoms with Crippen molar-refractivity contribution < 1.29 is 23.6 Å². The second kappa shape index (κ2) is 8.17. The van der Waals surface area contributed by atoms with Crippen LogP contribution in [0.3, 0.4) is 0 Å². The Hall–Kier alpha value is -3.75. The Balaban J connectivity index is 1.42. The van der Waals surface area contributed by atoms with Gasteiger partial charge < -0.3 is 15.5 Å². The predicted octanol–water partition coefficient (Wildman–Crippen LogP) is 2.18. The van der Waals surface area contributed by atoms with E-state index in [2.05, 4.69) is 10.6 Å². The molecule has 2 aromatic carbocycles. The molecular formula is C22H21FN4O4. The molecule has 4 rings (SSSR count). The van der Waals surface area contributed by atoms with Crippen molar-refractivity contribution >= 4 is 35.1 Å². The van der Waals surface area contributed by atoms with Gasteiger partial charge in [-0.25, -0.2) is 9.18 Å². The normalized spacial score (nSPS) is 18.5. The van der Waals surface area contributed by atoms with Gasteiger partial charge in [0.05, 0.1) is 24.7 Å². The third kappa shape index (κ3) is 4.25. The highest BCUT2D eigenvalue weighted by Gasteiger charge is 2.36. The standard InChI is InChI=1S/C22H21FN4O4/c1-13-5-6-18(17(23)7-13)26-12-15(9-19(26)28)21(30)25-16-4-2-3-14(8-16)11-27-20(29)10-24-22(27)31/h2-8,15H,9-12H2,1H3,(H,24,31)(H,25,30). The smallest absolute Gasteiger partial charge is 0.324 e. The Morgan fingerprint density at radius 1 is 1.16 bits per heavy atom. The molecule has 0 spiro atoms. The van der Waals surface area contributed by atoms with Crippen LogP contribution in [0.15, 0.2) is 42.5 Å². The van der Waals surface area contributed by atoms with Gasteiger partial charge in [0.2, 0.25) is 17.7 Å². The van der Waals surface area contributed by atoms with Gasteiger partial charge in [0, 0.05) is 18.7 Å². The molecular weight excluding hydrogens is 403 g/mol. The fourth-order valence-electron chi connectivity index (χ4n) is 3.74. The van der Waals surface area contributed by atoms with Gasteiger partial charge in [0.1, 0.15) is 5.82 Å². The number of nitrogens with zero attached hydrogens (tertiary/aromatic N) is 2. The van der Waals surface area contributed by atoms with Gasteiger partial charge in [-0.3, -0.25) is 19.3 Å². The van der Waals surface area contributed by atoms with E-state index in [1.54, 1.807) is 43.3 Å². The van der Waals surface area contributed by atoms with Crippen LogP contribution in [0.5, 0.6) is 0 Å². The Kier molecular flexibility index (Phi) is 5.41. The van der Waals surface area contributed by atoms with Gasteiger partial charge in [-0.15, -0.1) is 0 Å². The van der Waals surface area contributed by atoms with Crippen LogP contribution in [0.2, 0.25) is 0 Å². The summed E-state index contributed by atoms with van der Waals surface area (Å²) in [6, 6.07) is 11.0. The van der Waals surface area contributed by atoms with Gasteiger partial charge in [0.25, 0.3) is 0 Å². The molecule has 2 fully saturated rings. The average molecular weight is 424 g/mol. The van der Waals surface area contributed by atoms with Crippen molar-refractivity contribution in [2.75, 3.05) is 23.3 Å². The topological polar surface area (TPSA) is 98.8 Å². The molecule has 31 heavy (non-hydrogen) atoms. The van der Waals surface area contributed by atoms with Crippen molar-refractivity contribution in [3.63, 3.8) is 0 Å². The van der Waals surface area contributed by atoms with E-state index in [1.165, 1.54) is 11.0 Å². The molecule has 2 N–H and O–H groups in total. The number of rotatable bonds is 5. The molecule has 1 atom stereocenters. The molecule has 2 aliphatic heterocycles. The van der Waals surface area contributed by atoms with Crippen molar-refractivity contribution in [2.45, 2.75) is 19.9 Å². The number of halogens is 1. The lowest BCUT2D eigenvalue weighted by molar-refractivity contribution is -0.125. The highest BCUT2D eigenvalue weighted by Crippen LogP contribution is 2.29. The summed E-state index contributed by atoms with van der Waals surface area (Å²) in [5, 5.41) is 5.23. The summed E-state index contributed by atoms with van der Waals surface area (Å²) >= 11 is 0. The summed E-state index contributed by atoms with van der Waals surface area (Å²) in [6.45, 7) is 1.92. The molecule has 0 aromatic heterocycles. The third-order valence-corrected chi connectivity index (χ3v) is 5.36. The number of anilines is 2. The number of benzene rings is 2. The first kappa shape index (κ1) is 20.5. The van der Waals surface area contributed by atoms with Crippen LogP contribution in [0.25, 0.3) is 0 Å². The molecule has 2 aliphatic rings. The predicted molar refractivity (Wildman–Crippen MR) is 111 cm³/mol. The van der Waals surface area contributed by atoms with Gasteiger partial charge in [-0.1, -0.05) is 18.2 Å². The molecule has 2 aromatic rings. The molecule has 2 saturated heterocycles. The first-order valence-electron chi connectivity index (χ1n) is 9.86. The Morgan fingerprint density at radius 3 is 2.68 bits per heavy atom. The molecule has 0 saturated carbocycles. The summed E-state index contributed by atoms with van der Waals surface area (Å²) in [5.41, 5.74) is 2.08. The fourth-order valence-corrected chi connectivity index (χ4v) is 3.74. The van der Waals surface area contributed by atoms with Crippen molar-refractivity contribution in [1.82, 2.24) is 10.2 Å². The number of nitrogens with one attached hydrogen (secondary N) is 2. The average Bonchev–Trinajstić information content (AvgIpc) is 3.26. The summed E-state index contributed by atoms with van der Waals surface area (Å²) in [6.07, 6.45) is -0.0126. The summed E-state index contributed by atoms with van der Waals surface area (Å²) in [5.74, 6) is -2.09. The maximum atomic E-state index is 14.3. The SMILES string of the molecule is Cc1ccc(N2CC(C(=O)Nc3cccc(CN4C(=O)CNC4=O)c3)CC2=O)c(F)c1. The van der Waals surface area contributed by atoms with Gasteiger partial charge in [-0.2, -0.15) is 0 Å². The van der Waals surface area contributed by atoms with E-state index in [0.29, 0.717) is 11.3 Å². The Labute approximate surface area is 178 Å². The number of hydrogen-bond donors (Lipinski definition) is 2. The monoisotopic (exact) mass is 424 g/mol. The lowest BCUT2D eigenvalue weighted by Crippen LogP contribution is -2.30. The van der Waals surface area contributed by atoms with Gasteiger partial charge in [0.15, 0.2) is 0 Å². The maximum Gasteiger partial charge on any atom is 0.324 e. The summed E-state index contributed by atoms with van der Waals surface area (Å²) in [4.78, 5) is 51.0. The number of carbonyl (C=O) groups is 4. The van der Waals surface area contributed by atoms with Crippen LogP contribution in [0.1, 0.15) is 17.5 Å². The maximum absolute atomic E-state index is 14.3. The van der Waals surface area contributed by atoms with Crippen LogP contribution >= 0.6 is 0 Å². The minimum absolute atomic E-state index is 0.0126. The van der Waals surface area contributed by atoms with E-state index >= 15 is 0 Å². The number of amides is 5. The van der Waals surface area contributed by atoms with E-state index in [4.69, 9.17) is 0 Å². The number of hydrogen-bond acceptors (Lipinski definition) is 4. The molecule has 1 unspecified atom stereocenters. The molecule has 2 heterocycles. The minimum atomic E-state index is -0.622. The second-order valence-corrected chi connectivity index (χ2v) is 7.69. The van der Waals surface area contributed by atoms with Crippen LogP contribution in [0.4, 0.5) is 20.6 Å². The lowest BCUT2D eigenvalue weighted by atomic mass is 10.1. The van der Waals surface area contributed by atoms with Crippen molar-refractivity contribution in [2.24, 2.45) is 5.92 Å². The number of aryl methyl sites for hydroxylation is 1. The van der Waals surface area contributed by atoms with Gasteiger partial charge in [-0.05, 0) is 42.3 Å². The number of imide groups is 1. The first-order valence-corrected chi connectivity index (χ1v) is 9.86. The summed E-state index contributed by atoms with van der Waals surface area (Å²) < 4.78 is 14.3. The van der Waals surface area contributed by atoms with Crippen LogP contribution in [0, 0.1) is 18.7 Å². The zero-order valence-electron chi connectivity index (χ0n) is 16.9. The Morgan fingerprint density at radius 2 is 1.97 bits per heavy atom. The van der Waals surface area contributed by atoms with Crippen molar-refractivity contribution in [3.05, 3.63) is 59.4 Å². The second-order valence-electron chi connectivity index (χ2n) is 7.69. The molecule has 0 bridgehead atoms. The molecule has 160 valence electrons. The van der Waals surface area contributed by atoms with Crippen molar-refractivity contribution in [3.8, 4) is 0 Å². The zero-order chi connectivity index (χ0) is 22.1. The van der Waals surface area contributed by atoms with Crippen LogP contribution < -0.4 is 15.5 Å². The highest BCUT2D eigenvalue weighted by molar-refractivity contribution is 6.04. The molecule has 8 nitrogen and oxygen atoms in total. The molecule has 5 amide bonds. The minimum Gasteiger partial charge on any atom is -0.329 e. The van der Waals surface area contributed by atoms with E-state index in [0.717, 1.165) is 10.5 Å². The fraction of sp³-hybridized carbons (Fsp3) is 0.273. The first-order chi connectivity index (χ1) is 14.8. The van der Waals surface area contributed by atoms with E-state index < -0.39 is 17.8 Å². The quantitative estimate of drug-likeness (QED) is 0.719. The molecule has 0 radical (unpaired) electrons. The van der Waals surface area contributed by atoms with E-state index in [1.807, 2.05) is 0 Å². The number of carbonyl (C=O) groups excluding carboxylic acids is 4. The van der Waals surface area contributed by atoms with Crippen molar-refractivity contribution in [1.29, 1.82) is 0 Å². The summed E-state index contributed by atoms with van der Waals surface area (Å²) in [7, 11) is 0. The van der Waals surface area contributed by atoms with E-state index in [9.17, 15) is 23.6 Å². The zero-order valence-corrected chi connectivity index (χ0v) is 16.9. The lowest BCUT2D eigenvalue weighted by Gasteiger charge is -2.18. The van der Waals surface area contributed by atoms with Gasteiger partial charge >= 0.3 is 6.03 Å². The van der Waals surface area contributed by atoms with E-state index in [-0.39, 0.29) is 49.5 Å². The largest absolute Gasteiger partial charge is 0.329 e. The number of urea groups is 1. The Bertz CT molecular complexity index is 1070. The molecule has 9 heteroatoms. The van der Waals surface area contributed by atoms with Crippen LogP contribution in [-0.4, -0.2) is 41.7 Å². The van der Waals surface area contributed by atoms with Crippen LogP contribution in [-0.2, 0) is 20.9 Å². The highest BCUT2D eigenvalue weighted by atomic mass is 19.1. The molecule has 0 aliphatic carbocycles.